The summed E-state index contributed by atoms with van der Waals surface area (Å²) in [5, 5.41) is 6.52. The third-order valence-electron chi connectivity index (χ3n) is 3.71. The highest BCUT2D eigenvalue weighted by molar-refractivity contribution is 6.30. The zero-order valence-electron chi connectivity index (χ0n) is 13.1. The fraction of sp³-hybridized carbons (Fsp3) is 0.278. The molecule has 1 saturated heterocycles. The van der Waals surface area contributed by atoms with Gasteiger partial charge in [0.15, 0.2) is 0 Å². The molecule has 0 saturated carbocycles. The lowest BCUT2D eigenvalue weighted by atomic mass is 10.2. The molecule has 0 spiro atoms. The van der Waals surface area contributed by atoms with Gasteiger partial charge in [-0.2, -0.15) is 0 Å². The number of anilines is 1. The van der Waals surface area contributed by atoms with Crippen LogP contribution in [-0.4, -0.2) is 25.3 Å². The summed E-state index contributed by atoms with van der Waals surface area (Å²) in [4.78, 5) is 11.8. The Morgan fingerprint density at radius 2 is 1.67 bits per heavy atom. The van der Waals surface area contributed by atoms with Crippen molar-refractivity contribution in [1.29, 1.82) is 0 Å². The first kappa shape index (κ1) is 16.8. The predicted molar refractivity (Wildman–Crippen MR) is 93.1 cm³/mol. The number of rotatable bonds is 6. The van der Waals surface area contributed by atoms with Gasteiger partial charge in [-0.3, -0.25) is 5.32 Å². The molecule has 0 radical (unpaired) electrons. The maximum atomic E-state index is 11.8. The molecule has 3 rings (SSSR count). The highest BCUT2D eigenvalue weighted by atomic mass is 35.5. The summed E-state index contributed by atoms with van der Waals surface area (Å²) in [6.07, 6.45) is -0.180. The molecule has 0 atom stereocenters. The second kappa shape index (κ2) is 8.15. The molecule has 1 fully saturated rings. The summed E-state index contributed by atoms with van der Waals surface area (Å²) in [5.74, 6) is 0. The molecule has 0 aromatic heterocycles. The molecular weight excluding hydrogens is 328 g/mol. The Bertz CT molecular complexity index is 670. The summed E-state index contributed by atoms with van der Waals surface area (Å²) >= 11 is 5.81. The van der Waals surface area contributed by atoms with Crippen molar-refractivity contribution in [3.8, 4) is 0 Å². The van der Waals surface area contributed by atoms with E-state index in [2.05, 4.69) is 10.6 Å². The van der Waals surface area contributed by atoms with Gasteiger partial charge in [-0.1, -0.05) is 35.9 Å². The van der Waals surface area contributed by atoms with E-state index >= 15 is 0 Å². The fourth-order valence-corrected chi connectivity index (χ4v) is 2.29. The van der Waals surface area contributed by atoms with Crippen molar-refractivity contribution in [1.82, 2.24) is 5.32 Å². The van der Waals surface area contributed by atoms with Gasteiger partial charge in [0.1, 0.15) is 6.61 Å². The number of hydrogen-bond donors (Lipinski definition) is 2. The molecule has 126 valence electrons. The molecule has 2 aromatic carbocycles. The SMILES string of the molecule is O=C(Nc1ccc(COC2CNC2)cc1)OCc1ccc(Cl)cc1. The van der Waals surface area contributed by atoms with Gasteiger partial charge in [-0.15, -0.1) is 0 Å². The van der Waals surface area contributed by atoms with E-state index in [1.807, 2.05) is 36.4 Å². The number of hydrogen-bond acceptors (Lipinski definition) is 4. The number of carbonyl (C=O) groups excluding carboxylic acids is 1. The Labute approximate surface area is 145 Å². The maximum absolute atomic E-state index is 11.8. The Kier molecular flexibility index (Phi) is 5.69. The quantitative estimate of drug-likeness (QED) is 0.839. The number of halogens is 1. The van der Waals surface area contributed by atoms with E-state index in [1.165, 1.54) is 0 Å². The van der Waals surface area contributed by atoms with Gasteiger partial charge in [-0.25, -0.2) is 4.79 Å². The average Bonchev–Trinajstić information content (AvgIpc) is 2.54. The summed E-state index contributed by atoms with van der Waals surface area (Å²) in [5.41, 5.74) is 2.64. The van der Waals surface area contributed by atoms with Gasteiger partial charge in [0.05, 0.1) is 12.7 Å². The predicted octanol–water partition coefficient (Wildman–Crippen LogP) is 3.58. The minimum absolute atomic E-state index is 0.199. The summed E-state index contributed by atoms with van der Waals surface area (Å²) in [7, 11) is 0. The van der Waals surface area contributed by atoms with Gasteiger partial charge in [-0.05, 0) is 35.4 Å². The van der Waals surface area contributed by atoms with E-state index in [1.54, 1.807) is 12.1 Å². The van der Waals surface area contributed by atoms with Crippen molar-refractivity contribution >= 4 is 23.4 Å². The van der Waals surface area contributed by atoms with Gasteiger partial charge in [0.2, 0.25) is 0 Å². The lowest BCUT2D eigenvalue weighted by Gasteiger charge is -2.27. The van der Waals surface area contributed by atoms with Crippen LogP contribution in [0.15, 0.2) is 48.5 Å². The van der Waals surface area contributed by atoms with Crippen LogP contribution in [0.2, 0.25) is 5.02 Å². The molecule has 0 bridgehead atoms. The molecule has 1 heterocycles. The molecule has 5 nitrogen and oxygen atoms in total. The van der Waals surface area contributed by atoms with E-state index in [-0.39, 0.29) is 6.61 Å². The van der Waals surface area contributed by atoms with Crippen molar-refractivity contribution in [2.24, 2.45) is 0 Å². The summed E-state index contributed by atoms with van der Waals surface area (Å²) in [6, 6.07) is 14.7. The highest BCUT2D eigenvalue weighted by Gasteiger charge is 2.16. The van der Waals surface area contributed by atoms with Gasteiger partial charge >= 0.3 is 6.09 Å². The number of amides is 1. The van der Waals surface area contributed by atoms with Crippen LogP contribution in [0.5, 0.6) is 0 Å². The molecule has 0 aliphatic carbocycles. The summed E-state index contributed by atoms with van der Waals surface area (Å²) < 4.78 is 10.9. The zero-order chi connectivity index (χ0) is 16.8. The van der Waals surface area contributed by atoms with Crippen molar-refractivity contribution < 1.29 is 14.3 Å². The molecule has 0 unspecified atom stereocenters. The Morgan fingerprint density at radius 1 is 1.04 bits per heavy atom. The first-order valence-corrected chi connectivity index (χ1v) is 8.16. The van der Waals surface area contributed by atoms with E-state index in [4.69, 9.17) is 21.1 Å². The number of benzene rings is 2. The highest BCUT2D eigenvalue weighted by Crippen LogP contribution is 2.13. The molecule has 1 aliphatic rings. The fourth-order valence-electron chi connectivity index (χ4n) is 2.16. The van der Waals surface area contributed by atoms with E-state index in [0.29, 0.717) is 23.4 Å². The Hall–Kier alpha value is -2.08. The average molecular weight is 347 g/mol. The van der Waals surface area contributed by atoms with Crippen LogP contribution in [0, 0.1) is 0 Å². The first-order valence-electron chi connectivity index (χ1n) is 7.78. The third-order valence-corrected chi connectivity index (χ3v) is 3.97. The van der Waals surface area contributed by atoms with Crippen LogP contribution < -0.4 is 10.6 Å². The van der Waals surface area contributed by atoms with Crippen LogP contribution in [-0.2, 0) is 22.7 Å². The van der Waals surface area contributed by atoms with Gasteiger partial charge in [0, 0.05) is 23.8 Å². The smallest absolute Gasteiger partial charge is 0.411 e. The third kappa shape index (κ3) is 4.96. The minimum atomic E-state index is -0.491. The maximum Gasteiger partial charge on any atom is 0.411 e. The topological polar surface area (TPSA) is 59.6 Å². The Balaban J connectivity index is 1.42. The molecule has 1 amide bonds. The molecule has 2 N–H and O–H groups in total. The standard InChI is InChI=1S/C18H19ClN2O3/c19-15-5-1-13(2-6-15)12-24-18(22)21-16-7-3-14(4-8-16)11-23-17-9-20-10-17/h1-8,17,20H,9-12H2,(H,21,22). The van der Waals surface area contributed by atoms with Crippen LogP contribution in [0.1, 0.15) is 11.1 Å². The van der Waals surface area contributed by atoms with Crippen LogP contribution in [0.4, 0.5) is 10.5 Å². The van der Waals surface area contributed by atoms with Crippen molar-refractivity contribution in [3.63, 3.8) is 0 Å². The molecule has 6 heteroatoms. The molecule has 24 heavy (non-hydrogen) atoms. The minimum Gasteiger partial charge on any atom is -0.444 e. The van der Waals surface area contributed by atoms with Crippen molar-refractivity contribution in [2.75, 3.05) is 18.4 Å². The van der Waals surface area contributed by atoms with Crippen LogP contribution in [0.25, 0.3) is 0 Å². The first-order chi connectivity index (χ1) is 11.7. The van der Waals surface area contributed by atoms with Crippen LogP contribution in [0.3, 0.4) is 0 Å². The van der Waals surface area contributed by atoms with Crippen LogP contribution >= 0.6 is 11.6 Å². The Morgan fingerprint density at radius 3 is 2.29 bits per heavy atom. The normalized spacial score (nSPS) is 14.0. The largest absolute Gasteiger partial charge is 0.444 e. The zero-order valence-corrected chi connectivity index (χ0v) is 13.9. The molecule has 1 aliphatic heterocycles. The lowest BCUT2D eigenvalue weighted by molar-refractivity contribution is 0.00759. The van der Waals surface area contributed by atoms with E-state index in [0.717, 1.165) is 24.2 Å². The lowest BCUT2D eigenvalue weighted by Crippen LogP contribution is -2.48. The second-order valence-electron chi connectivity index (χ2n) is 5.62. The van der Waals surface area contributed by atoms with Crippen molar-refractivity contribution in [2.45, 2.75) is 19.3 Å². The number of carbonyl (C=O) groups is 1. The summed E-state index contributed by atoms with van der Waals surface area (Å²) in [6.45, 7) is 2.61. The number of nitrogens with one attached hydrogen (secondary N) is 2. The van der Waals surface area contributed by atoms with Crippen molar-refractivity contribution in [3.05, 3.63) is 64.7 Å². The molecule has 2 aromatic rings. The van der Waals surface area contributed by atoms with E-state index in [9.17, 15) is 4.79 Å². The number of ether oxygens (including phenoxy) is 2. The molecular formula is C18H19ClN2O3. The monoisotopic (exact) mass is 346 g/mol. The van der Waals surface area contributed by atoms with Gasteiger partial charge < -0.3 is 14.8 Å². The second-order valence-corrected chi connectivity index (χ2v) is 6.05. The van der Waals surface area contributed by atoms with Gasteiger partial charge in [0.25, 0.3) is 0 Å². The van der Waals surface area contributed by atoms with E-state index < -0.39 is 6.09 Å².